The van der Waals surface area contributed by atoms with Gasteiger partial charge in [-0.1, -0.05) is 19.3 Å². The molecular formula is C17H20BrFN2O4. The van der Waals surface area contributed by atoms with Gasteiger partial charge in [0.15, 0.2) is 6.10 Å². The molecule has 0 bridgehead atoms. The van der Waals surface area contributed by atoms with Gasteiger partial charge in [0.2, 0.25) is 0 Å². The molecule has 1 aromatic carbocycles. The average molecular weight is 415 g/mol. The van der Waals surface area contributed by atoms with E-state index in [0.717, 1.165) is 38.2 Å². The molecule has 1 aliphatic carbocycles. The summed E-state index contributed by atoms with van der Waals surface area (Å²) in [5.41, 5.74) is -0.0358. The third-order valence-corrected chi connectivity index (χ3v) is 4.67. The fourth-order valence-electron chi connectivity index (χ4n) is 2.61. The van der Waals surface area contributed by atoms with Crippen molar-refractivity contribution in [2.45, 2.75) is 51.2 Å². The number of nitrogens with one attached hydrogen (secondary N) is 2. The van der Waals surface area contributed by atoms with Gasteiger partial charge in [0.1, 0.15) is 5.82 Å². The fraction of sp³-hybridized carbons (Fsp3) is 0.471. The zero-order valence-corrected chi connectivity index (χ0v) is 15.4. The normalized spacial score (nSPS) is 16.0. The number of urea groups is 1. The van der Waals surface area contributed by atoms with Gasteiger partial charge in [-0.3, -0.25) is 10.1 Å². The van der Waals surface area contributed by atoms with Crippen molar-refractivity contribution in [3.8, 4) is 0 Å². The van der Waals surface area contributed by atoms with Gasteiger partial charge in [0, 0.05) is 10.5 Å². The van der Waals surface area contributed by atoms with E-state index in [0.29, 0.717) is 4.47 Å². The molecule has 2 N–H and O–H groups in total. The van der Waals surface area contributed by atoms with E-state index in [4.69, 9.17) is 4.74 Å². The lowest BCUT2D eigenvalue weighted by Gasteiger charge is -2.23. The number of ether oxygens (including phenoxy) is 1. The Morgan fingerprint density at radius 3 is 2.60 bits per heavy atom. The van der Waals surface area contributed by atoms with Gasteiger partial charge in [0.05, 0.1) is 5.56 Å². The number of halogens is 2. The molecule has 0 unspecified atom stereocenters. The maximum atomic E-state index is 13.2. The first kappa shape index (κ1) is 19.4. The molecule has 0 spiro atoms. The van der Waals surface area contributed by atoms with E-state index in [-0.39, 0.29) is 11.6 Å². The van der Waals surface area contributed by atoms with Crippen molar-refractivity contribution in [2.24, 2.45) is 0 Å². The first-order valence-electron chi connectivity index (χ1n) is 8.14. The molecule has 8 heteroatoms. The predicted molar refractivity (Wildman–Crippen MR) is 92.5 cm³/mol. The van der Waals surface area contributed by atoms with Crippen molar-refractivity contribution in [2.75, 3.05) is 0 Å². The van der Waals surface area contributed by atoms with E-state index >= 15 is 0 Å². The smallest absolute Gasteiger partial charge is 0.340 e. The van der Waals surface area contributed by atoms with Crippen LogP contribution in [0.4, 0.5) is 9.18 Å². The van der Waals surface area contributed by atoms with Crippen LogP contribution in [0.25, 0.3) is 0 Å². The summed E-state index contributed by atoms with van der Waals surface area (Å²) in [6.45, 7) is 1.34. The van der Waals surface area contributed by atoms with Crippen molar-refractivity contribution in [1.82, 2.24) is 10.6 Å². The Bertz CT molecular complexity index is 662. The number of esters is 1. The van der Waals surface area contributed by atoms with Crippen LogP contribution in [0.5, 0.6) is 0 Å². The van der Waals surface area contributed by atoms with Crippen LogP contribution in [0, 0.1) is 5.82 Å². The topological polar surface area (TPSA) is 84.5 Å². The predicted octanol–water partition coefficient (Wildman–Crippen LogP) is 3.29. The minimum absolute atomic E-state index is 0.0358. The van der Waals surface area contributed by atoms with Gasteiger partial charge in [-0.2, -0.15) is 0 Å². The molecule has 6 nitrogen and oxygen atoms in total. The van der Waals surface area contributed by atoms with Gasteiger partial charge in [-0.15, -0.1) is 0 Å². The van der Waals surface area contributed by atoms with Gasteiger partial charge >= 0.3 is 12.0 Å². The highest BCUT2D eigenvalue weighted by Crippen LogP contribution is 2.19. The van der Waals surface area contributed by atoms with Gasteiger partial charge < -0.3 is 10.1 Å². The number of hydrogen-bond acceptors (Lipinski definition) is 4. The van der Waals surface area contributed by atoms with Crippen LogP contribution in [0.15, 0.2) is 22.7 Å². The molecule has 0 saturated heterocycles. The number of rotatable bonds is 4. The number of benzene rings is 1. The standard InChI is InChI=1S/C17H20BrFN2O4/c1-10(25-16(23)13-9-11(19)7-8-14(13)18)15(22)21-17(24)20-12-5-3-2-4-6-12/h7-10,12H,2-6H2,1H3,(H2,20,21,22,24)/t10-/m0/s1. The van der Waals surface area contributed by atoms with Crippen LogP contribution < -0.4 is 10.6 Å². The van der Waals surface area contributed by atoms with Gasteiger partial charge in [-0.05, 0) is 53.9 Å². The van der Waals surface area contributed by atoms with E-state index < -0.39 is 29.8 Å². The van der Waals surface area contributed by atoms with Crippen LogP contribution in [-0.4, -0.2) is 30.1 Å². The Balaban J connectivity index is 1.85. The summed E-state index contributed by atoms with van der Waals surface area (Å²) < 4.78 is 18.6. The number of carbonyl (C=O) groups is 3. The summed E-state index contributed by atoms with van der Waals surface area (Å²) >= 11 is 3.12. The lowest BCUT2D eigenvalue weighted by molar-refractivity contribution is -0.127. The molecule has 2 rings (SSSR count). The first-order valence-corrected chi connectivity index (χ1v) is 8.93. The monoisotopic (exact) mass is 414 g/mol. The molecule has 25 heavy (non-hydrogen) atoms. The highest BCUT2D eigenvalue weighted by molar-refractivity contribution is 9.10. The second-order valence-electron chi connectivity index (χ2n) is 5.97. The number of amides is 3. The van der Waals surface area contributed by atoms with E-state index in [1.54, 1.807) is 0 Å². The summed E-state index contributed by atoms with van der Waals surface area (Å²) in [7, 11) is 0. The maximum absolute atomic E-state index is 13.2. The Kier molecular flexibility index (Phi) is 6.92. The zero-order chi connectivity index (χ0) is 18.4. The van der Waals surface area contributed by atoms with Crippen LogP contribution in [0.2, 0.25) is 0 Å². The fourth-order valence-corrected chi connectivity index (χ4v) is 3.02. The second kappa shape index (κ2) is 8.94. The van der Waals surface area contributed by atoms with Crippen molar-refractivity contribution in [3.05, 3.63) is 34.1 Å². The van der Waals surface area contributed by atoms with Crippen LogP contribution in [0.1, 0.15) is 49.4 Å². The molecule has 0 aliphatic heterocycles. The summed E-state index contributed by atoms with van der Waals surface area (Å²) in [5.74, 6) is -2.20. The van der Waals surface area contributed by atoms with E-state index in [9.17, 15) is 18.8 Å². The van der Waals surface area contributed by atoms with E-state index in [1.807, 2.05) is 0 Å². The third kappa shape index (κ3) is 5.81. The Hall–Kier alpha value is -1.96. The Morgan fingerprint density at radius 1 is 1.24 bits per heavy atom. The van der Waals surface area contributed by atoms with Crippen LogP contribution in [-0.2, 0) is 9.53 Å². The molecule has 1 fully saturated rings. The third-order valence-electron chi connectivity index (χ3n) is 3.98. The molecule has 1 atom stereocenters. The lowest BCUT2D eigenvalue weighted by Crippen LogP contribution is -2.48. The Labute approximate surface area is 153 Å². The lowest BCUT2D eigenvalue weighted by atomic mass is 9.96. The van der Waals surface area contributed by atoms with Crippen LogP contribution >= 0.6 is 15.9 Å². The second-order valence-corrected chi connectivity index (χ2v) is 6.82. The molecule has 0 heterocycles. The van der Waals surface area contributed by atoms with Crippen molar-refractivity contribution >= 4 is 33.8 Å². The Morgan fingerprint density at radius 2 is 1.92 bits per heavy atom. The largest absolute Gasteiger partial charge is 0.449 e. The van der Waals surface area contributed by atoms with Crippen molar-refractivity contribution in [1.29, 1.82) is 0 Å². The van der Waals surface area contributed by atoms with Crippen molar-refractivity contribution in [3.63, 3.8) is 0 Å². The summed E-state index contributed by atoms with van der Waals surface area (Å²) in [4.78, 5) is 35.9. The zero-order valence-electron chi connectivity index (χ0n) is 13.8. The SMILES string of the molecule is C[C@H](OC(=O)c1cc(F)ccc1Br)C(=O)NC(=O)NC1CCCCC1. The quantitative estimate of drug-likeness (QED) is 0.740. The van der Waals surface area contributed by atoms with E-state index in [1.165, 1.54) is 19.1 Å². The molecule has 1 aliphatic rings. The summed E-state index contributed by atoms with van der Waals surface area (Å²) in [6.07, 6.45) is 3.84. The highest BCUT2D eigenvalue weighted by Gasteiger charge is 2.23. The molecule has 0 radical (unpaired) electrons. The number of imide groups is 1. The molecule has 0 aromatic heterocycles. The number of carbonyl (C=O) groups excluding carboxylic acids is 3. The van der Waals surface area contributed by atoms with E-state index in [2.05, 4.69) is 26.6 Å². The summed E-state index contributed by atoms with van der Waals surface area (Å²) in [6, 6.07) is 3.02. The minimum atomic E-state index is -1.19. The number of hydrogen-bond donors (Lipinski definition) is 2. The van der Waals surface area contributed by atoms with Crippen molar-refractivity contribution < 1.29 is 23.5 Å². The van der Waals surface area contributed by atoms with Crippen LogP contribution in [0.3, 0.4) is 0 Å². The summed E-state index contributed by atoms with van der Waals surface area (Å²) in [5, 5.41) is 4.90. The molecule has 3 amide bonds. The minimum Gasteiger partial charge on any atom is -0.449 e. The molecule has 1 saturated carbocycles. The molecule has 136 valence electrons. The first-order chi connectivity index (χ1) is 11.9. The maximum Gasteiger partial charge on any atom is 0.340 e. The molecule has 1 aromatic rings. The highest BCUT2D eigenvalue weighted by atomic mass is 79.9. The van der Waals surface area contributed by atoms with Gasteiger partial charge in [-0.25, -0.2) is 14.0 Å². The average Bonchev–Trinajstić information content (AvgIpc) is 2.57. The van der Waals surface area contributed by atoms with Gasteiger partial charge in [0.25, 0.3) is 5.91 Å². The molecular weight excluding hydrogens is 395 g/mol.